The summed E-state index contributed by atoms with van der Waals surface area (Å²) in [6.45, 7) is 2.90. The molecule has 21 heavy (non-hydrogen) atoms. The second-order valence-corrected chi connectivity index (χ2v) is 6.55. The fraction of sp³-hybridized carbons (Fsp3) is 0.500. The first-order valence-electron chi connectivity index (χ1n) is 6.72. The highest BCUT2D eigenvalue weighted by Gasteiger charge is 2.20. The van der Waals surface area contributed by atoms with Crippen molar-refractivity contribution in [1.82, 2.24) is 24.3 Å². The Bertz CT molecular complexity index is 703. The van der Waals surface area contributed by atoms with Gasteiger partial charge in [-0.2, -0.15) is 10.2 Å². The molecule has 8 nitrogen and oxygen atoms in total. The van der Waals surface area contributed by atoms with Crippen molar-refractivity contribution in [2.75, 3.05) is 12.3 Å². The van der Waals surface area contributed by atoms with Crippen LogP contribution in [-0.4, -0.2) is 34.5 Å². The number of anilines is 1. The molecule has 0 saturated carbocycles. The van der Waals surface area contributed by atoms with Crippen LogP contribution in [0, 0.1) is 0 Å². The van der Waals surface area contributed by atoms with E-state index >= 15 is 0 Å². The lowest BCUT2D eigenvalue weighted by atomic mass is 10.3. The minimum Gasteiger partial charge on any atom is -0.381 e. The smallest absolute Gasteiger partial charge is 0.245 e. The van der Waals surface area contributed by atoms with E-state index in [1.165, 1.54) is 6.20 Å². The van der Waals surface area contributed by atoms with Crippen LogP contribution in [-0.2, 0) is 30.0 Å². The van der Waals surface area contributed by atoms with Gasteiger partial charge in [-0.25, -0.2) is 13.1 Å². The van der Waals surface area contributed by atoms with Crippen LogP contribution in [0.25, 0.3) is 0 Å². The monoisotopic (exact) mass is 312 g/mol. The van der Waals surface area contributed by atoms with Gasteiger partial charge in [0.2, 0.25) is 10.0 Å². The second-order valence-electron chi connectivity index (χ2n) is 4.81. The molecule has 0 unspecified atom stereocenters. The lowest BCUT2D eigenvalue weighted by molar-refractivity contribution is 0.579. The zero-order valence-corrected chi connectivity index (χ0v) is 13.0. The van der Waals surface area contributed by atoms with Crippen molar-refractivity contribution in [3.63, 3.8) is 0 Å². The number of nitrogens with zero attached hydrogens (tertiary/aromatic N) is 4. The number of hydrogen-bond donors (Lipinski definition) is 2. The van der Waals surface area contributed by atoms with Gasteiger partial charge in [-0.1, -0.05) is 6.92 Å². The molecule has 9 heteroatoms. The summed E-state index contributed by atoms with van der Waals surface area (Å²) in [7, 11) is -1.82. The van der Waals surface area contributed by atoms with Crippen LogP contribution in [0.4, 0.5) is 5.82 Å². The topological polar surface area (TPSA) is 108 Å². The van der Waals surface area contributed by atoms with Crippen LogP contribution in [0.15, 0.2) is 23.5 Å². The number of sulfonamides is 1. The van der Waals surface area contributed by atoms with E-state index < -0.39 is 10.0 Å². The molecule has 0 spiro atoms. The van der Waals surface area contributed by atoms with Gasteiger partial charge in [-0.3, -0.25) is 9.36 Å². The van der Waals surface area contributed by atoms with Crippen molar-refractivity contribution in [3.05, 3.63) is 24.2 Å². The molecule has 0 aliphatic rings. The highest BCUT2D eigenvalue weighted by atomic mass is 32.2. The van der Waals surface area contributed by atoms with Crippen LogP contribution in [0.3, 0.4) is 0 Å². The van der Waals surface area contributed by atoms with Gasteiger partial charge in [0, 0.05) is 32.5 Å². The summed E-state index contributed by atoms with van der Waals surface area (Å²) in [5.41, 5.74) is 6.65. The molecule has 116 valence electrons. The Morgan fingerprint density at radius 2 is 2.14 bits per heavy atom. The van der Waals surface area contributed by atoms with Gasteiger partial charge in [0.15, 0.2) is 5.82 Å². The van der Waals surface area contributed by atoms with Crippen LogP contribution in [0.2, 0.25) is 0 Å². The maximum absolute atomic E-state index is 12.2. The van der Waals surface area contributed by atoms with Gasteiger partial charge in [0.1, 0.15) is 4.90 Å². The summed E-state index contributed by atoms with van der Waals surface area (Å²) in [6.07, 6.45) is 6.44. The third-order valence-electron chi connectivity index (χ3n) is 2.96. The van der Waals surface area contributed by atoms with Gasteiger partial charge in [0.05, 0.1) is 6.20 Å². The molecule has 0 saturated heterocycles. The molecule has 0 aromatic carbocycles. The molecule has 0 fully saturated rings. The second kappa shape index (κ2) is 6.27. The molecule has 0 radical (unpaired) electrons. The maximum Gasteiger partial charge on any atom is 0.245 e. The van der Waals surface area contributed by atoms with Gasteiger partial charge >= 0.3 is 0 Å². The maximum atomic E-state index is 12.2. The number of aromatic nitrogens is 4. The Morgan fingerprint density at radius 3 is 2.76 bits per heavy atom. The van der Waals surface area contributed by atoms with Gasteiger partial charge < -0.3 is 5.73 Å². The zero-order valence-electron chi connectivity index (χ0n) is 12.2. The third-order valence-corrected chi connectivity index (χ3v) is 4.44. The molecule has 2 aromatic rings. The predicted molar refractivity (Wildman–Crippen MR) is 79.0 cm³/mol. The molecular weight excluding hydrogens is 292 g/mol. The van der Waals surface area contributed by atoms with Crippen molar-refractivity contribution in [3.8, 4) is 0 Å². The van der Waals surface area contributed by atoms with E-state index in [-0.39, 0.29) is 17.3 Å². The summed E-state index contributed by atoms with van der Waals surface area (Å²) in [4.78, 5) is 0.0298. The quantitative estimate of drug-likeness (QED) is 0.755. The molecule has 0 amide bonds. The first-order valence-corrected chi connectivity index (χ1v) is 8.21. The molecule has 0 aliphatic heterocycles. The minimum absolute atomic E-state index is 0.0253. The van der Waals surface area contributed by atoms with E-state index in [2.05, 4.69) is 14.9 Å². The summed E-state index contributed by atoms with van der Waals surface area (Å²) in [5.74, 6) is 0.0253. The lowest BCUT2D eigenvalue weighted by Crippen LogP contribution is -2.26. The Kier molecular flexibility index (Phi) is 4.63. The fourth-order valence-electron chi connectivity index (χ4n) is 1.98. The third kappa shape index (κ3) is 3.82. The number of hydrogen-bond acceptors (Lipinski definition) is 5. The zero-order chi connectivity index (χ0) is 15.5. The van der Waals surface area contributed by atoms with E-state index in [4.69, 9.17) is 5.73 Å². The predicted octanol–water partition coefficient (Wildman–Crippen LogP) is 0.130. The molecule has 0 aliphatic carbocycles. The Labute approximate surface area is 124 Å². The molecule has 2 aromatic heterocycles. The summed E-state index contributed by atoms with van der Waals surface area (Å²) in [5, 5.41) is 8.03. The highest BCUT2D eigenvalue weighted by Crippen LogP contribution is 2.16. The first-order chi connectivity index (χ1) is 9.92. The van der Waals surface area contributed by atoms with Crippen molar-refractivity contribution in [1.29, 1.82) is 0 Å². The van der Waals surface area contributed by atoms with Gasteiger partial charge in [0.25, 0.3) is 0 Å². The standard InChI is InChI=1S/C12H20N6O2S/c1-3-6-18-9-11(12(13)16-18)21(19,20)15-5-4-10-7-14-17(2)8-10/h7-9,15H,3-6H2,1-2H3,(H2,13,16). The highest BCUT2D eigenvalue weighted by molar-refractivity contribution is 7.89. The summed E-state index contributed by atoms with van der Waals surface area (Å²) < 4.78 is 30.2. The van der Waals surface area contributed by atoms with Crippen molar-refractivity contribution in [2.45, 2.75) is 31.2 Å². The van der Waals surface area contributed by atoms with Crippen LogP contribution in [0.5, 0.6) is 0 Å². The van der Waals surface area contributed by atoms with Crippen molar-refractivity contribution >= 4 is 15.8 Å². The van der Waals surface area contributed by atoms with E-state index in [9.17, 15) is 8.42 Å². The Hall–Kier alpha value is -1.87. The van der Waals surface area contributed by atoms with Crippen LogP contribution in [0.1, 0.15) is 18.9 Å². The SMILES string of the molecule is CCCn1cc(S(=O)(=O)NCCc2cnn(C)c2)c(N)n1. The largest absolute Gasteiger partial charge is 0.381 e. The molecule has 0 bridgehead atoms. The molecule has 2 rings (SSSR count). The fourth-order valence-corrected chi connectivity index (χ4v) is 3.08. The van der Waals surface area contributed by atoms with Gasteiger partial charge in [-0.15, -0.1) is 0 Å². The molecular formula is C12H20N6O2S. The van der Waals surface area contributed by atoms with E-state index in [1.807, 2.05) is 20.2 Å². The van der Waals surface area contributed by atoms with Crippen LogP contribution < -0.4 is 10.5 Å². The van der Waals surface area contributed by atoms with Crippen LogP contribution >= 0.6 is 0 Å². The van der Waals surface area contributed by atoms with E-state index in [0.717, 1.165) is 12.0 Å². The van der Waals surface area contributed by atoms with Crippen molar-refractivity contribution < 1.29 is 8.42 Å². The average Bonchev–Trinajstić information content (AvgIpc) is 2.96. The number of aryl methyl sites for hydroxylation is 2. The summed E-state index contributed by atoms with van der Waals surface area (Å²) >= 11 is 0. The number of rotatable bonds is 7. The molecule has 0 atom stereocenters. The number of nitrogens with one attached hydrogen (secondary N) is 1. The molecule has 2 heterocycles. The number of nitrogen functional groups attached to an aromatic ring is 1. The first kappa shape index (κ1) is 15.5. The van der Waals surface area contributed by atoms with E-state index in [0.29, 0.717) is 13.0 Å². The Morgan fingerprint density at radius 1 is 1.38 bits per heavy atom. The average molecular weight is 312 g/mol. The Balaban J connectivity index is 2.01. The number of nitrogens with two attached hydrogens (primary N) is 1. The van der Waals surface area contributed by atoms with Crippen molar-refractivity contribution in [2.24, 2.45) is 7.05 Å². The minimum atomic E-state index is -3.64. The normalized spacial score (nSPS) is 11.9. The van der Waals surface area contributed by atoms with Gasteiger partial charge in [-0.05, 0) is 18.4 Å². The molecule has 3 N–H and O–H groups in total. The lowest BCUT2D eigenvalue weighted by Gasteiger charge is -2.04. The van der Waals surface area contributed by atoms with E-state index in [1.54, 1.807) is 15.6 Å². The summed E-state index contributed by atoms with van der Waals surface area (Å²) in [6, 6.07) is 0.